The van der Waals surface area contributed by atoms with E-state index in [0.717, 1.165) is 11.4 Å². The number of halogens is 3. The van der Waals surface area contributed by atoms with Crippen molar-refractivity contribution in [2.45, 2.75) is 19.8 Å². The number of nitrogens with one attached hydrogen (secondary N) is 1. The number of benzene rings is 2. The van der Waals surface area contributed by atoms with Gasteiger partial charge in [-0.1, -0.05) is 66.8 Å². The Hall–Kier alpha value is -1.09. The Morgan fingerprint density at radius 1 is 1.00 bits per heavy atom. The third-order valence-corrected chi connectivity index (χ3v) is 4.26. The van der Waals surface area contributed by atoms with Crippen molar-refractivity contribution in [3.8, 4) is 5.75 Å². The Bertz CT molecular complexity index is 644. The zero-order valence-corrected chi connectivity index (χ0v) is 14.8. The van der Waals surface area contributed by atoms with Crippen LogP contribution in [0.15, 0.2) is 36.4 Å². The molecule has 0 atom stereocenters. The molecule has 0 saturated carbocycles. The SMILES string of the molecule is CC(C)c1ccccc1OCCNc1cc(Cl)c(Cl)cc1Cl. The van der Waals surface area contributed by atoms with Gasteiger partial charge >= 0.3 is 0 Å². The molecule has 118 valence electrons. The van der Waals surface area contributed by atoms with Gasteiger partial charge in [0.05, 0.1) is 20.8 Å². The summed E-state index contributed by atoms with van der Waals surface area (Å²) in [5, 5.41) is 4.65. The number of anilines is 1. The largest absolute Gasteiger partial charge is 0.491 e. The summed E-state index contributed by atoms with van der Waals surface area (Å²) >= 11 is 18.0. The molecule has 22 heavy (non-hydrogen) atoms. The number of hydrogen-bond acceptors (Lipinski definition) is 2. The van der Waals surface area contributed by atoms with Gasteiger partial charge in [-0.2, -0.15) is 0 Å². The monoisotopic (exact) mass is 357 g/mol. The molecular weight excluding hydrogens is 341 g/mol. The van der Waals surface area contributed by atoms with Gasteiger partial charge in [0, 0.05) is 6.54 Å². The van der Waals surface area contributed by atoms with Gasteiger partial charge in [0.2, 0.25) is 0 Å². The van der Waals surface area contributed by atoms with E-state index in [9.17, 15) is 0 Å². The van der Waals surface area contributed by atoms with E-state index in [2.05, 4.69) is 25.2 Å². The molecule has 0 fully saturated rings. The molecule has 1 N–H and O–H groups in total. The molecule has 5 heteroatoms. The van der Waals surface area contributed by atoms with Crippen molar-refractivity contribution in [3.05, 3.63) is 57.0 Å². The normalized spacial score (nSPS) is 10.8. The molecule has 0 aliphatic rings. The van der Waals surface area contributed by atoms with Crippen LogP contribution in [0.1, 0.15) is 25.3 Å². The molecule has 0 aliphatic carbocycles. The summed E-state index contributed by atoms with van der Waals surface area (Å²) < 4.78 is 5.85. The topological polar surface area (TPSA) is 21.3 Å². The van der Waals surface area contributed by atoms with Crippen LogP contribution in [-0.4, -0.2) is 13.2 Å². The van der Waals surface area contributed by atoms with Gasteiger partial charge in [0.1, 0.15) is 12.4 Å². The van der Waals surface area contributed by atoms with Crippen molar-refractivity contribution < 1.29 is 4.74 Å². The van der Waals surface area contributed by atoms with Crippen LogP contribution in [-0.2, 0) is 0 Å². The molecule has 0 unspecified atom stereocenters. The summed E-state index contributed by atoms with van der Waals surface area (Å²) in [6.45, 7) is 5.44. The highest BCUT2D eigenvalue weighted by Crippen LogP contribution is 2.32. The predicted molar refractivity (Wildman–Crippen MR) is 96.0 cm³/mol. The van der Waals surface area contributed by atoms with E-state index < -0.39 is 0 Å². The van der Waals surface area contributed by atoms with Crippen LogP contribution in [0.2, 0.25) is 15.1 Å². The molecule has 2 rings (SSSR count). The summed E-state index contributed by atoms with van der Waals surface area (Å²) in [7, 11) is 0. The van der Waals surface area contributed by atoms with Crippen LogP contribution in [0.3, 0.4) is 0 Å². The lowest BCUT2D eigenvalue weighted by Crippen LogP contribution is -2.12. The fourth-order valence-corrected chi connectivity index (χ4v) is 2.71. The van der Waals surface area contributed by atoms with Crippen LogP contribution in [0, 0.1) is 0 Å². The molecule has 0 bridgehead atoms. The summed E-state index contributed by atoms with van der Waals surface area (Å²) in [6.07, 6.45) is 0. The average Bonchev–Trinajstić information content (AvgIpc) is 2.48. The Kier molecular flexibility index (Phi) is 6.25. The zero-order chi connectivity index (χ0) is 16.1. The molecule has 0 spiro atoms. The molecule has 2 nitrogen and oxygen atoms in total. The van der Waals surface area contributed by atoms with E-state index in [4.69, 9.17) is 39.5 Å². The van der Waals surface area contributed by atoms with Crippen LogP contribution in [0.4, 0.5) is 5.69 Å². The molecule has 0 heterocycles. The van der Waals surface area contributed by atoms with Gasteiger partial charge in [-0.15, -0.1) is 0 Å². The number of ether oxygens (including phenoxy) is 1. The first kappa shape index (κ1) is 17.3. The minimum Gasteiger partial charge on any atom is -0.491 e. The summed E-state index contributed by atoms with van der Waals surface area (Å²) in [5.41, 5.74) is 1.95. The van der Waals surface area contributed by atoms with E-state index in [-0.39, 0.29) is 0 Å². The summed E-state index contributed by atoms with van der Waals surface area (Å²) in [5.74, 6) is 1.34. The van der Waals surface area contributed by atoms with Gasteiger partial charge < -0.3 is 10.1 Å². The maximum absolute atomic E-state index is 6.12. The maximum Gasteiger partial charge on any atom is 0.122 e. The van der Waals surface area contributed by atoms with E-state index in [1.54, 1.807) is 12.1 Å². The quantitative estimate of drug-likeness (QED) is 0.486. The first-order chi connectivity index (χ1) is 10.5. The molecule has 2 aromatic carbocycles. The second-order valence-electron chi connectivity index (χ2n) is 5.21. The molecule has 0 aliphatic heterocycles. The van der Waals surface area contributed by atoms with Crippen LogP contribution in [0.5, 0.6) is 5.75 Å². The molecule has 0 amide bonds. The first-order valence-corrected chi connectivity index (χ1v) is 8.22. The van der Waals surface area contributed by atoms with Crippen molar-refractivity contribution in [1.82, 2.24) is 0 Å². The Morgan fingerprint density at radius 3 is 2.41 bits per heavy atom. The minimum atomic E-state index is 0.425. The summed E-state index contributed by atoms with van der Waals surface area (Å²) in [4.78, 5) is 0. The molecule has 2 aromatic rings. The average molecular weight is 359 g/mol. The smallest absolute Gasteiger partial charge is 0.122 e. The maximum atomic E-state index is 6.12. The van der Waals surface area contributed by atoms with Gasteiger partial charge in [-0.05, 0) is 29.7 Å². The Morgan fingerprint density at radius 2 is 1.68 bits per heavy atom. The van der Waals surface area contributed by atoms with Crippen molar-refractivity contribution in [3.63, 3.8) is 0 Å². The van der Waals surface area contributed by atoms with Crippen LogP contribution < -0.4 is 10.1 Å². The van der Waals surface area contributed by atoms with E-state index in [1.807, 2.05) is 18.2 Å². The third-order valence-electron chi connectivity index (χ3n) is 3.23. The molecule has 0 aromatic heterocycles. The standard InChI is InChI=1S/C17H18Cl3NO/c1-11(2)12-5-3-4-6-17(12)22-8-7-21-16-10-14(19)13(18)9-15(16)20/h3-6,9-11,21H,7-8H2,1-2H3. The van der Waals surface area contributed by atoms with Crippen molar-refractivity contribution >= 4 is 40.5 Å². The van der Waals surface area contributed by atoms with Gasteiger partial charge in [0.15, 0.2) is 0 Å². The predicted octanol–water partition coefficient (Wildman–Crippen LogP) is 6.26. The summed E-state index contributed by atoms with van der Waals surface area (Å²) in [6, 6.07) is 11.4. The molecular formula is C17H18Cl3NO. The fraction of sp³-hybridized carbons (Fsp3) is 0.294. The zero-order valence-electron chi connectivity index (χ0n) is 12.5. The van der Waals surface area contributed by atoms with E-state index >= 15 is 0 Å². The highest BCUT2D eigenvalue weighted by molar-refractivity contribution is 6.44. The fourth-order valence-electron chi connectivity index (χ4n) is 2.09. The van der Waals surface area contributed by atoms with E-state index in [0.29, 0.717) is 34.1 Å². The van der Waals surface area contributed by atoms with Crippen molar-refractivity contribution in [2.75, 3.05) is 18.5 Å². The lowest BCUT2D eigenvalue weighted by Gasteiger charge is -2.15. The minimum absolute atomic E-state index is 0.425. The third kappa shape index (κ3) is 4.45. The number of hydrogen-bond donors (Lipinski definition) is 1. The highest BCUT2D eigenvalue weighted by atomic mass is 35.5. The number of rotatable bonds is 6. The lowest BCUT2D eigenvalue weighted by atomic mass is 10.0. The van der Waals surface area contributed by atoms with Crippen molar-refractivity contribution in [1.29, 1.82) is 0 Å². The molecule has 0 radical (unpaired) electrons. The van der Waals surface area contributed by atoms with Gasteiger partial charge in [-0.25, -0.2) is 0 Å². The first-order valence-electron chi connectivity index (χ1n) is 7.09. The van der Waals surface area contributed by atoms with Gasteiger partial charge in [0.25, 0.3) is 0 Å². The number of para-hydroxylation sites is 1. The highest BCUT2D eigenvalue weighted by Gasteiger charge is 2.08. The van der Waals surface area contributed by atoms with Gasteiger partial charge in [-0.3, -0.25) is 0 Å². The Labute approximate surface area is 146 Å². The second-order valence-corrected chi connectivity index (χ2v) is 6.44. The van der Waals surface area contributed by atoms with Crippen LogP contribution >= 0.6 is 34.8 Å². The molecule has 0 saturated heterocycles. The second kappa shape index (κ2) is 7.96. The Balaban J connectivity index is 1.92. The van der Waals surface area contributed by atoms with Crippen LogP contribution in [0.25, 0.3) is 0 Å². The van der Waals surface area contributed by atoms with Crippen molar-refractivity contribution in [2.24, 2.45) is 0 Å². The lowest BCUT2D eigenvalue weighted by molar-refractivity contribution is 0.328. The van der Waals surface area contributed by atoms with E-state index in [1.165, 1.54) is 5.56 Å².